The molecule has 2 rings (SSSR count). The quantitative estimate of drug-likeness (QED) is 0.799. The number of hydrogen-bond acceptors (Lipinski definition) is 4. The number of carbonyl (C=O) groups is 1. The number of phenols is 1. The van der Waals surface area contributed by atoms with Crippen LogP contribution in [-0.2, 0) is 0 Å². The first-order valence-corrected chi connectivity index (χ1v) is 5.61. The van der Waals surface area contributed by atoms with E-state index >= 15 is 0 Å². The molecule has 17 heavy (non-hydrogen) atoms. The third kappa shape index (κ3) is 2.00. The zero-order valence-corrected chi connectivity index (χ0v) is 9.59. The molecule has 5 heteroatoms. The van der Waals surface area contributed by atoms with Crippen molar-refractivity contribution in [3.8, 4) is 5.75 Å². The first-order chi connectivity index (χ1) is 8.15. The first-order valence-electron chi connectivity index (χ1n) is 5.61. The van der Waals surface area contributed by atoms with Crippen molar-refractivity contribution in [3.05, 3.63) is 28.7 Å². The second kappa shape index (κ2) is 4.53. The Hall–Kier alpha value is -1.91. The minimum Gasteiger partial charge on any atom is -0.507 e. The Morgan fingerprint density at radius 2 is 2.29 bits per heavy atom. The minimum atomic E-state index is -0.317. The smallest absolute Gasteiger partial charge is 0.260 e. The Morgan fingerprint density at radius 1 is 1.53 bits per heavy atom. The lowest BCUT2D eigenvalue weighted by Crippen LogP contribution is -2.33. The van der Waals surface area contributed by atoms with Crippen LogP contribution in [0.5, 0.6) is 5.75 Å². The predicted molar refractivity (Wildman–Crippen MR) is 63.3 cm³/mol. The average molecular weight is 234 g/mol. The van der Waals surface area contributed by atoms with Crippen LogP contribution in [0, 0.1) is 4.91 Å². The third-order valence-corrected chi connectivity index (χ3v) is 3.15. The molecule has 0 aliphatic carbocycles. The highest BCUT2D eigenvalue weighted by atomic mass is 16.3. The van der Waals surface area contributed by atoms with Gasteiger partial charge in [0, 0.05) is 12.6 Å². The highest BCUT2D eigenvalue weighted by molar-refractivity contribution is 6.01. The van der Waals surface area contributed by atoms with E-state index in [4.69, 9.17) is 0 Å². The summed E-state index contributed by atoms with van der Waals surface area (Å²) in [4.78, 5) is 24.5. The van der Waals surface area contributed by atoms with Gasteiger partial charge < -0.3 is 10.0 Å². The molecule has 1 atom stereocenters. The average Bonchev–Trinajstić information content (AvgIpc) is 2.74. The van der Waals surface area contributed by atoms with Crippen LogP contribution in [-0.4, -0.2) is 28.5 Å². The van der Waals surface area contributed by atoms with Gasteiger partial charge in [0.1, 0.15) is 17.0 Å². The summed E-state index contributed by atoms with van der Waals surface area (Å²) in [5, 5.41) is 12.5. The molecule has 1 unspecified atom stereocenters. The van der Waals surface area contributed by atoms with Crippen LogP contribution in [0.2, 0.25) is 0 Å². The van der Waals surface area contributed by atoms with Gasteiger partial charge in [0.25, 0.3) is 5.91 Å². The molecule has 0 saturated carbocycles. The van der Waals surface area contributed by atoms with Gasteiger partial charge in [0.2, 0.25) is 0 Å². The van der Waals surface area contributed by atoms with Gasteiger partial charge >= 0.3 is 0 Å². The van der Waals surface area contributed by atoms with Gasteiger partial charge in [-0.25, -0.2) is 0 Å². The van der Waals surface area contributed by atoms with Crippen molar-refractivity contribution in [3.63, 3.8) is 0 Å². The molecule has 1 saturated heterocycles. The highest BCUT2D eigenvalue weighted by Crippen LogP contribution is 2.31. The fourth-order valence-corrected chi connectivity index (χ4v) is 2.20. The van der Waals surface area contributed by atoms with Gasteiger partial charge in [0.15, 0.2) is 0 Å². The maximum atomic E-state index is 12.2. The second-order valence-electron chi connectivity index (χ2n) is 4.25. The van der Waals surface area contributed by atoms with Gasteiger partial charge in [-0.1, -0.05) is 6.07 Å². The lowest BCUT2D eigenvalue weighted by Gasteiger charge is -2.22. The number of benzene rings is 1. The summed E-state index contributed by atoms with van der Waals surface area (Å²) in [6.07, 6.45) is 1.90. The molecular formula is C12H14N2O3. The second-order valence-corrected chi connectivity index (χ2v) is 4.25. The van der Waals surface area contributed by atoms with Crippen LogP contribution in [0.3, 0.4) is 0 Å². The SMILES string of the molecule is CC1CCCN1C(=O)c1c(O)cccc1N=O. The monoisotopic (exact) mass is 234 g/mol. The van der Waals surface area contributed by atoms with Crippen LogP contribution in [0.15, 0.2) is 23.4 Å². The molecule has 0 radical (unpaired) electrons. The molecule has 5 nitrogen and oxygen atoms in total. The Labute approximate surface area is 99.0 Å². The molecule has 0 aromatic heterocycles. The van der Waals surface area contributed by atoms with E-state index in [2.05, 4.69) is 5.18 Å². The van der Waals surface area contributed by atoms with Crippen molar-refractivity contribution in [1.82, 2.24) is 4.90 Å². The molecule has 1 heterocycles. The number of carbonyl (C=O) groups excluding carboxylic acids is 1. The number of amides is 1. The van der Waals surface area contributed by atoms with E-state index in [1.54, 1.807) is 4.90 Å². The predicted octanol–water partition coefficient (Wildman–Crippen LogP) is 2.41. The number of nitrogens with zero attached hydrogens (tertiary/aromatic N) is 2. The van der Waals surface area contributed by atoms with Gasteiger partial charge in [-0.3, -0.25) is 4.79 Å². The summed E-state index contributed by atoms with van der Waals surface area (Å²) in [6.45, 7) is 2.62. The van der Waals surface area contributed by atoms with Gasteiger partial charge in [0.05, 0.1) is 0 Å². The van der Waals surface area contributed by atoms with E-state index in [9.17, 15) is 14.8 Å². The van der Waals surface area contributed by atoms with Crippen LogP contribution >= 0.6 is 0 Å². The standard InChI is InChI=1S/C12H14N2O3/c1-8-4-3-7-14(8)12(16)11-9(13-17)5-2-6-10(11)15/h2,5-6,8,15H,3-4,7H2,1H3. The van der Waals surface area contributed by atoms with Gasteiger partial charge in [-0.2, -0.15) is 0 Å². The summed E-state index contributed by atoms with van der Waals surface area (Å²) in [5.74, 6) is -0.506. The summed E-state index contributed by atoms with van der Waals surface area (Å²) in [7, 11) is 0. The van der Waals surface area contributed by atoms with Crippen LogP contribution in [0.1, 0.15) is 30.1 Å². The van der Waals surface area contributed by atoms with Crippen LogP contribution < -0.4 is 0 Å². The number of nitroso groups, excluding NO2 is 1. The molecule has 1 aromatic rings. The van der Waals surface area contributed by atoms with E-state index in [0.717, 1.165) is 12.8 Å². The van der Waals surface area contributed by atoms with E-state index in [1.807, 2.05) is 6.92 Å². The van der Waals surface area contributed by atoms with E-state index < -0.39 is 0 Å². The van der Waals surface area contributed by atoms with Crippen molar-refractivity contribution in [1.29, 1.82) is 0 Å². The molecule has 1 aliphatic rings. The molecule has 1 aliphatic heterocycles. The zero-order chi connectivity index (χ0) is 12.4. The maximum absolute atomic E-state index is 12.2. The van der Waals surface area contributed by atoms with Gasteiger partial charge in [-0.15, -0.1) is 4.91 Å². The Kier molecular flexibility index (Phi) is 3.08. The van der Waals surface area contributed by atoms with E-state index in [1.165, 1.54) is 18.2 Å². The molecule has 0 spiro atoms. The van der Waals surface area contributed by atoms with Crippen molar-refractivity contribution in [2.24, 2.45) is 5.18 Å². The summed E-state index contributed by atoms with van der Waals surface area (Å²) >= 11 is 0. The number of hydrogen-bond donors (Lipinski definition) is 1. The molecular weight excluding hydrogens is 220 g/mol. The normalized spacial score (nSPS) is 19.4. The maximum Gasteiger partial charge on any atom is 0.260 e. The van der Waals surface area contributed by atoms with Crippen LogP contribution in [0.4, 0.5) is 5.69 Å². The van der Waals surface area contributed by atoms with Crippen molar-refractivity contribution < 1.29 is 9.90 Å². The topological polar surface area (TPSA) is 70.0 Å². The fourth-order valence-electron chi connectivity index (χ4n) is 2.20. The van der Waals surface area contributed by atoms with Crippen molar-refractivity contribution in [2.75, 3.05) is 6.54 Å². The van der Waals surface area contributed by atoms with E-state index in [-0.39, 0.29) is 28.9 Å². The molecule has 90 valence electrons. The Morgan fingerprint density at radius 3 is 2.88 bits per heavy atom. The summed E-state index contributed by atoms with van der Waals surface area (Å²) < 4.78 is 0. The van der Waals surface area contributed by atoms with E-state index in [0.29, 0.717) is 6.54 Å². The zero-order valence-electron chi connectivity index (χ0n) is 9.59. The molecule has 0 bridgehead atoms. The third-order valence-electron chi connectivity index (χ3n) is 3.15. The number of rotatable bonds is 2. The summed E-state index contributed by atoms with van der Waals surface area (Å²) in [5.41, 5.74) is 0.00495. The number of phenolic OH excluding ortho intramolecular Hbond substituents is 1. The lowest BCUT2D eigenvalue weighted by atomic mass is 10.1. The fraction of sp³-hybridized carbons (Fsp3) is 0.417. The number of likely N-dealkylation sites (tertiary alicyclic amines) is 1. The van der Waals surface area contributed by atoms with Crippen molar-refractivity contribution in [2.45, 2.75) is 25.8 Å². The molecule has 1 aromatic carbocycles. The molecule has 1 amide bonds. The molecule has 1 N–H and O–H groups in total. The highest BCUT2D eigenvalue weighted by Gasteiger charge is 2.29. The number of aromatic hydroxyl groups is 1. The molecule has 1 fully saturated rings. The van der Waals surface area contributed by atoms with Crippen LogP contribution in [0.25, 0.3) is 0 Å². The van der Waals surface area contributed by atoms with Gasteiger partial charge in [-0.05, 0) is 37.1 Å². The largest absolute Gasteiger partial charge is 0.507 e. The lowest BCUT2D eigenvalue weighted by molar-refractivity contribution is 0.0745. The Bertz CT molecular complexity index is 459. The minimum absolute atomic E-state index is 0.00546. The summed E-state index contributed by atoms with van der Waals surface area (Å²) in [6, 6.07) is 4.46. The van der Waals surface area contributed by atoms with Crippen molar-refractivity contribution >= 4 is 11.6 Å². The Balaban J connectivity index is 2.39. The first kappa shape index (κ1) is 11.6.